The summed E-state index contributed by atoms with van der Waals surface area (Å²) < 4.78 is 10.5. The third-order valence-corrected chi connectivity index (χ3v) is 2.36. The van der Waals surface area contributed by atoms with Gasteiger partial charge in [-0.25, -0.2) is 0 Å². The molecule has 0 aliphatic heterocycles. The predicted molar refractivity (Wildman–Crippen MR) is 60.9 cm³/mol. The monoisotopic (exact) mass is 230 g/mol. The highest BCUT2D eigenvalue weighted by Gasteiger charge is 2.35. The summed E-state index contributed by atoms with van der Waals surface area (Å²) in [5.74, 6) is -0.644. The first kappa shape index (κ1) is 14.9. The SMILES string of the molecule is CCC(C)(CC(C)(C)OC(C)=O)OC(C)=O. The number of carbonyl (C=O) groups excluding carboxylic acids is 2. The summed E-state index contributed by atoms with van der Waals surface area (Å²) in [6.45, 7) is 10.2. The molecule has 0 aromatic carbocycles. The fourth-order valence-corrected chi connectivity index (χ4v) is 1.91. The van der Waals surface area contributed by atoms with Crippen molar-refractivity contribution < 1.29 is 19.1 Å². The van der Waals surface area contributed by atoms with Crippen molar-refractivity contribution >= 4 is 11.9 Å². The van der Waals surface area contributed by atoms with Gasteiger partial charge in [-0.2, -0.15) is 0 Å². The molecule has 1 unspecified atom stereocenters. The van der Waals surface area contributed by atoms with Gasteiger partial charge >= 0.3 is 11.9 Å². The molecule has 0 bridgehead atoms. The zero-order valence-corrected chi connectivity index (χ0v) is 11.0. The molecule has 4 heteroatoms. The third-order valence-electron chi connectivity index (χ3n) is 2.36. The Morgan fingerprint density at radius 3 is 1.75 bits per heavy atom. The standard InChI is InChI=1S/C12H22O4/c1-7-12(6,16-10(3)14)8-11(4,5)15-9(2)13/h7-8H2,1-6H3. The van der Waals surface area contributed by atoms with Crippen LogP contribution in [0.5, 0.6) is 0 Å². The van der Waals surface area contributed by atoms with Gasteiger partial charge in [0, 0.05) is 20.3 Å². The lowest BCUT2D eigenvalue weighted by Gasteiger charge is -2.35. The Morgan fingerprint density at radius 1 is 1.00 bits per heavy atom. The van der Waals surface area contributed by atoms with Crippen molar-refractivity contribution in [2.45, 2.75) is 65.6 Å². The summed E-state index contributed by atoms with van der Waals surface area (Å²) in [5, 5.41) is 0. The maximum absolute atomic E-state index is 11.0. The van der Waals surface area contributed by atoms with Crippen LogP contribution in [0, 0.1) is 0 Å². The molecule has 0 rings (SSSR count). The summed E-state index contributed by atoms with van der Waals surface area (Å²) >= 11 is 0. The lowest BCUT2D eigenvalue weighted by atomic mass is 9.88. The van der Waals surface area contributed by atoms with Crippen LogP contribution in [0.4, 0.5) is 0 Å². The van der Waals surface area contributed by atoms with Crippen molar-refractivity contribution in [2.75, 3.05) is 0 Å². The molecule has 0 saturated heterocycles. The average Bonchev–Trinajstić information content (AvgIpc) is 1.98. The van der Waals surface area contributed by atoms with Crippen molar-refractivity contribution in [1.29, 1.82) is 0 Å². The molecule has 0 amide bonds. The summed E-state index contributed by atoms with van der Waals surface area (Å²) in [7, 11) is 0. The fraction of sp³-hybridized carbons (Fsp3) is 0.833. The van der Waals surface area contributed by atoms with Crippen molar-refractivity contribution in [1.82, 2.24) is 0 Å². The summed E-state index contributed by atoms with van der Waals surface area (Å²) in [6, 6.07) is 0. The minimum atomic E-state index is -0.633. The average molecular weight is 230 g/mol. The van der Waals surface area contributed by atoms with Crippen LogP contribution in [0.15, 0.2) is 0 Å². The number of ether oxygens (including phenoxy) is 2. The van der Waals surface area contributed by atoms with E-state index in [1.54, 1.807) is 0 Å². The van der Waals surface area contributed by atoms with Gasteiger partial charge in [0.25, 0.3) is 0 Å². The lowest BCUT2D eigenvalue weighted by molar-refractivity contribution is -0.169. The van der Waals surface area contributed by atoms with Gasteiger partial charge in [0.1, 0.15) is 11.2 Å². The Labute approximate surface area is 97.3 Å². The van der Waals surface area contributed by atoms with Crippen LogP contribution in [-0.2, 0) is 19.1 Å². The second-order valence-electron chi connectivity index (χ2n) is 4.93. The van der Waals surface area contributed by atoms with Gasteiger partial charge in [-0.3, -0.25) is 9.59 Å². The fourth-order valence-electron chi connectivity index (χ4n) is 1.91. The van der Waals surface area contributed by atoms with Crippen LogP contribution in [-0.4, -0.2) is 23.1 Å². The first-order valence-corrected chi connectivity index (χ1v) is 5.49. The van der Waals surface area contributed by atoms with E-state index in [-0.39, 0.29) is 11.9 Å². The number of hydrogen-bond acceptors (Lipinski definition) is 4. The second kappa shape index (κ2) is 5.32. The highest BCUT2D eigenvalue weighted by atomic mass is 16.6. The summed E-state index contributed by atoms with van der Waals surface area (Å²) in [6.07, 6.45) is 1.16. The number of hydrogen-bond donors (Lipinski definition) is 0. The zero-order valence-electron chi connectivity index (χ0n) is 11.0. The smallest absolute Gasteiger partial charge is 0.303 e. The van der Waals surface area contributed by atoms with E-state index in [4.69, 9.17) is 9.47 Å². The normalized spacial score (nSPS) is 15.1. The predicted octanol–water partition coefficient (Wildman–Crippen LogP) is 2.45. The third kappa shape index (κ3) is 5.73. The Bertz CT molecular complexity index is 270. The highest BCUT2D eigenvalue weighted by molar-refractivity contribution is 5.67. The van der Waals surface area contributed by atoms with E-state index in [1.165, 1.54) is 13.8 Å². The van der Waals surface area contributed by atoms with Crippen LogP contribution in [0.1, 0.15) is 54.4 Å². The molecule has 0 aromatic heterocycles. The molecule has 94 valence electrons. The van der Waals surface area contributed by atoms with Crippen molar-refractivity contribution in [3.05, 3.63) is 0 Å². The van der Waals surface area contributed by atoms with Crippen LogP contribution >= 0.6 is 0 Å². The summed E-state index contributed by atoms with van der Waals surface area (Å²) in [5.41, 5.74) is -1.23. The van der Waals surface area contributed by atoms with E-state index >= 15 is 0 Å². The van der Waals surface area contributed by atoms with Crippen LogP contribution in [0.2, 0.25) is 0 Å². The molecule has 0 fully saturated rings. The molecular formula is C12H22O4. The van der Waals surface area contributed by atoms with E-state index in [9.17, 15) is 9.59 Å². The van der Waals surface area contributed by atoms with Gasteiger partial charge in [0.2, 0.25) is 0 Å². The van der Waals surface area contributed by atoms with E-state index in [1.807, 2.05) is 27.7 Å². The molecule has 0 spiro atoms. The first-order valence-electron chi connectivity index (χ1n) is 5.49. The molecule has 0 radical (unpaired) electrons. The van der Waals surface area contributed by atoms with Gasteiger partial charge in [0.15, 0.2) is 0 Å². The molecule has 4 nitrogen and oxygen atoms in total. The molecule has 0 aliphatic rings. The lowest BCUT2D eigenvalue weighted by Crippen LogP contribution is -2.40. The van der Waals surface area contributed by atoms with Gasteiger partial charge in [-0.05, 0) is 27.2 Å². The molecule has 0 heterocycles. The van der Waals surface area contributed by atoms with E-state index in [2.05, 4.69) is 0 Å². The molecule has 1 atom stereocenters. The van der Waals surface area contributed by atoms with Crippen molar-refractivity contribution in [2.24, 2.45) is 0 Å². The van der Waals surface area contributed by atoms with Crippen LogP contribution in [0.25, 0.3) is 0 Å². The van der Waals surface area contributed by atoms with Crippen LogP contribution < -0.4 is 0 Å². The Morgan fingerprint density at radius 2 is 1.44 bits per heavy atom. The number of carbonyl (C=O) groups is 2. The first-order chi connectivity index (χ1) is 7.10. The Hall–Kier alpha value is -1.06. The molecule has 0 N–H and O–H groups in total. The van der Waals surface area contributed by atoms with Gasteiger partial charge in [-0.15, -0.1) is 0 Å². The highest BCUT2D eigenvalue weighted by Crippen LogP contribution is 2.29. The minimum absolute atomic E-state index is 0.317. The largest absolute Gasteiger partial charge is 0.460 e. The van der Waals surface area contributed by atoms with E-state index in [0.29, 0.717) is 12.8 Å². The topological polar surface area (TPSA) is 52.6 Å². The van der Waals surface area contributed by atoms with Gasteiger partial charge in [-0.1, -0.05) is 6.92 Å². The van der Waals surface area contributed by atoms with Crippen LogP contribution in [0.3, 0.4) is 0 Å². The molecule has 0 aliphatic carbocycles. The maximum Gasteiger partial charge on any atom is 0.303 e. The number of esters is 2. The molecule has 16 heavy (non-hydrogen) atoms. The number of rotatable bonds is 5. The Kier molecular flexibility index (Phi) is 4.97. The summed E-state index contributed by atoms with van der Waals surface area (Å²) in [4.78, 5) is 21.9. The second-order valence-corrected chi connectivity index (χ2v) is 4.93. The van der Waals surface area contributed by atoms with E-state index < -0.39 is 11.2 Å². The molecule has 0 aromatic rings. The van der Waals surface area contributed by atoms with Crippen molar-refractivity contribution in [3.8, 4) is 0 Å². The van der Waals surface area contributed by atoms with Gasteiger partial charge in [0.05, 0.1) is 0 Å². The molecule has 0 saturated carbocycles. The van der Waals surface area contributed by atoms with E-state index in [0.717, 1.165) is 0 Å². The zero-order chi connectivity index (χ0) is 13.0. The van der Waals surface area contributed by atoms with Gasteiger partial charge < -0.3 is 9.47 Å². The minimum Gasteiger partial charge on any atom is -0.460 e. The molecular weight excluding hydrogens is 208 g/mol. The maximum atomic E-state index is 11.0. The Balaban J connectivity index is 4.62. The quantitative estimate of drug-likeness (QED) is 0.681. The van der Waals surface area contributed by atoms with Crippen molar-refractivity contribution in [3.63, 3.8) is 0 Å².